The minimum Gasteiger partial charge on any atom is -0.323 e. The summed E-state index contributed by atoms with van der Waals surface area (Å²) in [6.45, 7) is 3.66. The molecule has 0 bridgehead atoms. The van der Waals surface area contributed by atoms with Gasteiger partial charge in [0.25, 0.3) is 0 Å². The van der Waals surface area contributed by atoms with Gasteiger partial charge in [0.05, 0.1) is 0 Å². The van der Waals surface area contributed by atoms with Crippen molar-refractivity contribution < 1.29 is 8.78 Å². The fourth-order valence-electron chi connectivity index (χ4n) is 2.14. The van der Waals surface area contributed by atoms with Gasteiger partial charge in [0.15, 0.2) is 11.6 Å². The van der Waals surface area contributed by atoms with Crippen LogP contribution in [-0.4, -0.2) is 22.0 Å². The van der Waals surface area contributed by atoms with Gasteiger partial charge in [0.2, 0.25) is 0 Å². The topological polar surface area (TPSA) is 26.0 Å². The van der Waals surface area contributed by atoms with Crippen molar-refractivity contribution in [3.63, 3.8) is 0 Å². The van der Waals surface area contributed by atoms with E-state index in [0.29, 0.717) is 16.4 Å². The number of aryl methyl sites for hydroxylation is 1. The molecule has 2 rings (SSSR count). The number of halogens is 2. The molecular formula is C13H17F2NS2. The monoisotopic (exact) mass is 289 g/mol. The Balaban J connectivity index is 2.28. The van der Waals surface area contributed by atoms with Gasteiger partial charge in [-0.15, -0.1) is 0 Å². The lowest BCUT2D eigenvalue weighted by molar-refractivity contribution is 0.480. The summed E-state index contributed by atoms with van der Waals surface area (Å²) in [6, 6.07) is 2.76. The average Bonchev–Trinajstić information content (AvgIpc) is 2.36. The first-order valence-electron chi connectivity index (χ1n) is 5.95. The van der Waals surface area contributed by atoms with E-state index in [1.807, 2.05) is 11.8 Å². The number of hydrogen-bond donors (Lipinski definition) is 1. The number of benzene rings is 1. The van der Waals surface area contributed by atoms with Crippen molar-refractivity contribution in [2.75, 3.05) is 11.5 Å². The Labute approximate surface area is 115 Å². The molecular weight excluding hydrogens is 272 g/mol. The molecule has 2 N–H and O–H groups in total. The first kappa shape index (κ1) is 14.2. The van der Waals surface area contributed by atoms with Crippen LogP contribution >= 0.6 is 23.5 Å². The maximum Gasteiger partial charge on any atom is 0.163 e. The Morgan fingerprint density at radius 3 is 2.56 bits per heavy atom. The van der Waals surface area contributed by atoms with Crippen LogP contribution in [0.15, 0.2) is 12.1 Å². The van der Waals surface area contributed by atoms with Crippen LogP contribution in [0.5, 0.6) is 0 Å². The lowest BCUT2D eigenvalue weighted by atomic mass is 10.00. The summed E-state index contributed by atoms with van der Waals surface area (Å²) in [6.07, 6.45) is 0. The van der Waals surface area contributed by atoms with Gasteiger partial charge >= 0.3 is 0 Å². The van der Waals surface area contributed by atoms with Gasteiger partial charge in [-0.1, -0.05) is 19.1 Å². The lowest BCUT2D eigenvalue weighted by Crippen LogP contribution is -2.34. The molecule has 0 aliphatic carbocycles. The Bertz CT molecular complexity index is 439. The van der Waals surface area contributed by atoms with Crippen LogP contribution in [0.3, 0.4) is 0 Å². The Hall–Kier alpha value is -0.260. The number of nitrogens with two attached hydrogens (primary N) is 1. The van der Waals surface area contributed by atoms with Crippen molar-refractivity contribution in [3.05, 3.63) is 34.9 Å². The highest BCUT2D eigenvalue weighted by atomic mass is 32.2. The number of thioether (sulfide) groups is 2. The Kier molecular flexibility index (Phi) is 4.56. The third-order valence-electron chi connectivity index (χ3n) is 3.26. The van der Waals surface area contributed by atoms with E-state index >= 15 is 0 Å². The van der Waals surface area contributed by atoms with E-state index in [0.717, 1.165) is 11.5 Å². The van der Waals surface area contributed by atoms with E-state index in [1.165, 1.54) is 0 Å². The summed E-state index contributed by atoms with van der Waals surface area (Å²) < 4.78 is 27.5. The van der Waals surface area contributed by atoms with Gasteiger partial charge in [-0.3, -0.25) is 0 Å². The largest absolute Gasteiger partial charge is 0.323 e. The highest BCUT2D eigenvalue weighted by Crippen LogP contribution is 2.38. The summed E-state index contributed by atoms with van der Waals surface area (Å²) in [4.78, 5) is 0. The number of hydrogen-bond acceptors (Lipinski definition) is 3. The molecule has 0 amide bonds. The summed E-state index contributed by atoms with van der Waals surface area (Å²) in [5.41, 5.74) is 6.76. The van der Waals surface area contributed by atoms with Gasteiger partial charge < -0.3 is 5.73 Å². The second kappa shape index (κ2) is 5.80. The van der Waals surface area contributed by atoms with Gasteiger partial charge in [-0.25, -0.2) is 8.78 Å². The molecule has 18 heavy (non-hydrogen) atoms. The summed E-state index contributed by atoms with van der Waals surface area (Å²) in [7, 11) is 0. The standard InChI is InChI=1S/C13H17F2NS2/c1-7-3-4-9(11(15)10(7)14)12(16)13-8(2)17-5-6-18-13/h3-4,8,12-13H,5-6,16H2,1-2H3. The van der Waals surface area contributed by atoms with Crippen LogP contribution < -0.4 is 5.73 Å². The van der Waals surface area contributed by atoms with E-state index < -0.39 is 17.7 Å². The first-order chi connectivity index (χ1) is 8.52. The predicted molar refractivity (Wildman–Crippen MR) is 76.2 cm³/mol. The van der Waals surface area contributed by atoms with Gasteiger partial charge in [-0.2, -0.15) is 23.5 Å². The van der Waals surface area contributed by atoms with E-state index in [9.17, 15) is 8.78 Å². The molecule has 1 aliphatic rings. The molecule has 1 aliphatic heterocycles. The lowest BCUT2D eigenvalue weighted by Gasteiger charge is -2.32. The SMILES string of the molecule is Cc1ccc(C(N)C2SCCSC2C)c(F)c1F. The average molecular weight is 289 g/mol. The zero-order valence-corrected chi connectivity index (χ0v) is 12.1. The van der Waals surface area contributed by atoms with Gasteiger partial charge in [-0.05, 0) is 12.5 Å². The molecule has 1 aromatic rings. The molecule has 1 saturated heterocycles. The molecule has 0 saturated carbocycles. The smallest absolute Gasteiger partial charge is 0.163 e. The fourth-order valence-corrected chi connectivity index (χ4v) is 5.01. The molecule has 3 unspecified atom stereocenters. The van der Waals surface area contributed by atoms with Crippen molar-refractivity contribution in [3.8, 4) is 0 Å². The molecule has 0 aromatic heterocycles. The van der Waals surface area contributed by atoms with E-state index in [2.05, 4.69) is 6.92 Å². The molecule has 1 aromatic carbocycles. The van der Waals surface area contributed by atoms with E-state index in [-0.39, 0.29) is 5.25 Å². The third kappa shape index (κ3) is 2.68. The third-order valence-corrected chi connectivity index (χ3v) is 6.47. The minimum atomic E-state index is -0.786. The molecule has 100 valence electrons. The van der Waals surface area contributed by atoms with Crippen LogP contribution in [0, 0.1) is 18.6 Å². The van der Waals surface area contributed by atoms with E-state index in [4.69, 9.17) is 5.73 Å². The van der Waals surface area contributed by atoms with Crippen LogP contribution in [-0.2, 0) is 0 Å². The highest BCUT2D eigenvalue weighted by Gasteiger charge is 2.31. The van der Waals surface area contributed by atoms with Crippen LogP contribution in [0.1, 0.15) is 24.1 Å². The predicted octanol–water partition coefficient (Wildman–Crippen LogP) is 3.51. The second-order valence-electron chi connectivity index (χ2n) is 4.54. The fraction of sp³-hybridized carbons (Fsp3) is 0.538. The number of rotatable bonds is 2. The van der Waals surface area contributed by atoms with Crippen LogP contribution in [0.25, 0.3) is 0 Å². The van der Waals surface area contributed by atoms with Crippen molar-refractivity contribution in [2.45, 2.75) is 30.4 Å². The van der Waals surface area contributed by atoms with Crippen molar-refractivity contribution in [1.82, 2.24) is 0 Å². The maximum atomic E-state index is 13.9. The van der Waals surface area contributed by atoms with Gasteiger partial charge in [0, 0.05) is 33.6 Å². The molecule has 3 atom stereocenters. The minimum absolute atomic E-state index is 0.139. The summed E-state index contributed by atoms with van der Waals surface area (Å²) in [5, 5.41) is 0.503. The Morgan fingerprint density at radius 1 is 1.22 bits per heavy atom. The van der Waals surface area contributed by atoms with E-state index in [1.54, 1.807) is 30.8 Å². The van der Waals surface area contributed by atoms with Crippen molar-refractivity contribution in [1.29, 1.82) is 0 Å². The second-order valence-corrected chi connectivity index (χ2v) is 7.31. The van der Waals surface area contributed by atoms with Crippen molar-refractivity contribution in [2.24, 2.45) is 5.73 Å². The molecule has 1 heterocycles. The molecule has 0 spiro atoms. The summed E-state index contributed by atoms with van der Waals surface area (Å²) >= 11 is 3.60. The van der Waals surface area contributed by atoms with Crippen LogP contribution in [0.4, 0.5) is 8.78 Å². The zero-order valence-electron chi connectivity index (χ0n) is 10.5. The highest BCUT2D eigenvalue weighted by molar-refractivity contribution is 8.07. The summed E-state index contributed by atoms with van der Waals surface area (Å²) in [5.74, 6) is 0.554. The molecule has 0 radical (unpaired) electrons. The molecule has 1 fully saturated rings. The molecule has 5 heteroatoms. The van der Waals surface area contributed by atoms with Crippen molar-refractivity contribution >= 4 is 23.5 Å². The van der Waals surface area contributed by atoms with Gasteiger partial charge in [0.1, 0.15) is 0 Å². The Morgan fingerprint density at radius 2 is 1.89 bits per heavy atom. The zero-order chi connectivity index (χ0) is 13.3. The molecule has 1 nitrogen and oxygen atoms in total. The quantitative estimate of drug-likeness (QED) is 0.902. The normalized spacial score (nSPS) is 26.1. The first-order valence-corrected chi connectivity index (χ1v) is 8.05. The van der Waals surface area contributed by atoms with Crippen LogP contribution in [0.2, 0.25) is 0 Å². The maximum absolute atomic E-state index is 13.9.